The molecule has 0 aliphatic carbocycles. The summed E-state index contributed by atoms with van der Waals surface area (Å²) in [6.45, 7) is 1.80. The van der Waals surface area contributed by atoms with E-state index in [1.54, 1.807) is 6.92 Å². The predicted octanol–water partition coefficient (Wildman–Crippen LogP) is 1.48. The van der Waals surface area contributed by atoms with Gasteiger partial charge in [-0.25, -0.2) is 8.42 Å². The van der Waals surface area contributed by atoms with Crippen molar-refractivity contribution >= 4 is 44.9 Å². The number of aliphatic carboxylic acids is 1. The minimum absolute atomic E-state index is 0.0881. The summed E-state index contributed by atoms with van der Waals surface area (Å²) in [5.74, 6) is -1.95. The van der Waals surface area contributed by atoms with Crippen LogP contribution in [-0.2, 0) is 24.3 Å². The number of thiophene rings is 1. The Kier molecular flexibility index (Phi) is 6.59. The number of hydrogen-bond donors (Lipinski definition) is 2. The van der Waals surface area contributed by atoms with Gasteiger partial charge in [-0.1, -0.05) is 11.6 Å². The molecule has 0 amide bonds. The van der Waals surface area contributed by atoms with Gasteiger partial charge in [0.1, 0.15) is 10.3 Å². The summed E-state index contributed by atoms with van der Waals surface area (Å²) in [6.07, 6.45) is -0.398. The van der Waals surface area contributed by atoms with Crippen LogP contribution in [0.3, 0.4) is 0 Å². The van der Waals surface area contributed by atoms with Gasteiger partial charge < -0.3 is 9.84 Å². The number of carboxylic acid groups (broad SMARTS) is 1. The number of halogens is 1. The molecule has 118 valence electrons. The number of carbonyl (C=O) groups is 2. The molecule has 1 aromatic heterocycles. The number of esters is 1. The molecule has 2 N–H and O–H groups in total. The fourth-order valence-corrected chi connectivity index (χ4v) is 4.14. The first-order valence-corrected chi connectivity index (χ1v) is 8.60. The van der Waals surface area contributed by atoms with Gasteiger partial charge in [0.25, 0.3) is 10.0 Å². The van der Waals surface area contributed by atoms with Crippen molar-refractivity contribution in [1.82, 2.24) is 4.72 Å². The first-order valence-electron chi connectivity index (χ1n) is 5.92. The molecule has 21 heavy (non-hydrogen) atoms. The van der Waals surface area contributed by atoms with Crippen molar-refractivity contribution < 1.29 is 27.9 Å². The van der Waals surface area contributed by atoms with Crippen LogP contribution in [-0.4, -0.2) is 38.1 Å². The van der Waals surface area contributed by atoms with Crippen molar-refractivity contribution in [3.63, 3.8) is 0 Å². The second-order valence-corrected chi connectivity index (χ2v) is 7.57. The molecule has 1 atom stereocenters. The van der Waals surface area contributed by atoms with Crippen molar-refractivity contribution in [2.75, 3.05) is 6.61 Å². The van der Waals surface area contributed by atoms with E-state index in [-0.39, 0.29) is 28.0 Å². The number of carbonyl (C=O) groups excluding carboxylic acids is 1. The van der Waals surface area contributed by atoms with Crippen LogP contribution in [0.25, 0.3) is 0 Å². The molecule has 0 aliphatic heterocycles. The Balaban J connectivity index is 2.74. The van der Waals surface area contributed by atoms with E-state index in [4.69, 9.17) is 16.7 Å². The summed E-state index contributed by atoms with van der Waals surface area (Å²) in [6, 6.07) is 1.26. The van der Waals surface area contributed by atoms with Crippen molar-refractivity contribution in [3.05, 3.63) is 16.5 Å². The minimum Gasteiger partial charge on any atom is -0.480 e. The van der Waals surface area contributed by atoms with Gasteiger partial charge in [-0.3, -0.25) is 9.59 Å². The van der Waals surface area contributed by atoms with E-state index in [2.05, 4.69) is 4.74 Å². The van der Waals surface area contributed by atoms with Crippen LogP contribution in [0, 0.1) is 0 Å². The van der Waals surface area contributed by atoms with Crippen molar-refractivity contribution in [1.29, 1.82) is 0 Å². The molecule has 0 aliphatic rings. The van der Waals surface area contributed by atoms with Gasteiger partial charge in [0.2, 0.25) is 0 Å². The van der Waals surface area contributed by atoms with Crippen LogP contribution in [0.4, 0.5) is 0 Å². The highest BCUT2D eigenvalue weighted by molar-refractivity contribution is 7.91. The van der Waals surface area contributed by atoms with Gasteiger partial charge >= 0.3 is 11.9 Å². The third kappa shape index (κ3) is 5.62. The number of nitrogens with one attached hydrogen (secondary N) is 1. The van der Waals surface area contributed by atoms with Crippen LogP contribution in [0.15, 0.2) is 16.3 Å². The fraction of sp³-hybridized carbons (Fsp3) is 0.455. The lowest BCUT2D eigenvalue weighted by atomic mass is 10.2. The molecule has 0 unspecified atom stereocenters. The number of hydrogen-bond acceptors (Lipinski definition) is 6. The lowest BCUT2D eigenvalue weighted by Crippen LogP contribution is -2.40. The average Bonchev–Trinajstić information content (AvgIpc) is 2.82. The number of rotatable bonds is 8. The number of carboxylic acids is 1. The molecule has 0 fully saturated rings. The standard InChI is InChI=1S/C11H14ClNO6S2/c1-2-19-9(14)5-3-7(11(15)16)13-21(17,18)10-6-4-8(12)20-10/h4,6-7,13H,2-3,5H2,1H3,(H,15,16)/t7-/m0/s1. The van der Waals surface area contributed by atoms with Crippen molar-refractivity contribution in [2.45, 2.75) is 30.0 Å². The molecular weight excluding hydrogens is 342 g/mol. The summed E-state index contributed by atoms with van der Waals surface area (Å²) < 4.78 is 30.9. The van der Waals surface area contributed by atoms with E-state index in [9.17, 15) is 18.0 Å². The molecule has 0 aromatic carbocycles. The Morgan fingerprint density at radius 1 is 1.48 bits per heavy atom. The second-order valence-electron chi connectivity index (χ2n) is 3.91. The highest BCUT2D eigenvalue weighted by Crippen LogP contribution is 2.25. The van der Waals surface area contributed by atoms with Crippen LogP contribution >= 0.6 is 22.9 Å². The average molecular weight is 356 g/mol. The predicted molar refractivity (Wildman–Crippen MR) is 76.9 cm³/mol. The Labute approximate surface area is 130 Å². The Bertz CT molecular complexity index is 612. The maximum Gasteiger partial charge on any atom is 0.321 e. The topological polar surface area (TPSA) is 110 Å². The van der Waals surface area contributed by atoms with Gasteiger partial charge in [-0.05, 0) is 25.5 Å². The molecule has 10 heteroatoms. The van der Waals surface area contributed by atoms with Gasteiger partial charge in [0.15, 0.2) is 0 Å². The molecular formula is C11H14ClNO6S2. The second kappa shape index (κ2) is 7.74. The zero-order chi connectivity index (χ0) is 16.0. The Morgan fingerprint density at radius 3 is 2.62 bits per heavy atom. The van der Waals surface area contributed by atoms with Gasteiger partial charge in [0, 0.05) is 6.42 Å². The molecule has 0 radical (unpaired) electrons. The first-order chi connectivity index (χ1) is 9.76. The molecule has 0 spiro atoms. The van der Waals surface area contributed by atoms with Crippen molar-refractivity contribution in [3.8, 4) is 0 Å². The molecule has 0 saturated carbocycles. The van der Waals surface area contributed by atoms with E-state index in [0.29, 0.717) is 0 Å². The maximum atomic E-state index is 12.0. The zero-order valence-electron chi connectivity index (χ0n) is 11.0. The summed E-state index contributed by atoms with van der Waals surface area (Å²) in [5, 5.41) is 9.03. The van der Waals surface area contributed by atoms with Crippen LogP contribution in [0.5, 0.6) is 0 Å². The van der Waals surface area contributed by atoms with E-state index in [1.165, 1.54) is 12.1 Å². The van der Waals surface area contributed by atoms with Crippen LogP contribution < -0.4 is 4.72 Å². The monoisotopic (exact) mass is 355 g/mol. The largest absolute Gasteiger partial charge is 0.480 e. The summed E-state index contributed by atoms with van der Waals surface area (Å²) in [5.41, 5.74) is 0. The molecule has 0 saturated heterocycles. The quantitative estimate of drug-likeness (QED) is 0.683. The first kappa shape index (κ1) is 17.9. The highest BCUT2D eigenvalue weighted by Gasteiger charge is 2.27. The number of ether oxygens (including phenoxy) is 1. The SMILES string of the molecule is CCOC(=O)CC[C@H](NS(=O)(=O)c1ccc(Cl)s1)C(=O)O. The maximum absolute atomic E-state index is 12.0. The molecule has 1 aromatic rings. The Hall–Kier alpha value is -1.16. The van der Waals surface area contributed by atoms with E-state index >= 15 is 0 Å². The summed E-state index contributed by atoms with van der Waals surface area (Å²) in [7, 11) is -3.99. The van der Waals surface area contributed by atoms with Crippen LogP contribution in [0.2, 0.25) is 4.34 Å². The molecule has 1 heterocycles. The zero-order valence-corrected chi connectivity index (χ0v) is 13.4. The lowest BCUT2D eigenvalue weighted by Gasteiger charge is -2.13. The summed E-state index contributed by atoms with van der Waals surface area (Å²) >= 11 is 6.46. The van der Waals surface area contributed by atoms with Crippen molar-refractivity contribution in [2.24, 2.45) is 0 Å². The Morgan fingerprint density at radius 2 is 2.14 bits per heavy atom. The summed E-state index contributed by atoms with van der Waals surface area (Å²) in [4.78, 5) is 22.3. The molecule has 7 nitrogen and oxygen atoms in total. The third-order valence-corrected chi connectivity index (χ3v) is 5.55. The lowest BCUT2D eigenvalue weighted by molar-refractivity contribution is -0.144. The van der Waals surface area contributed by atoms with E-state index in [0.717, 1.165) is 11.3 Å². The third-order valence-electron chi connectivity index (χ3n) is 2.35. The molecule has 1 rings (SSSR count). The van der Waals surface area contributed by atoms with E-state index in [1.807, 2.05) is 4.72 Å². The highest BCUT2D eigenvalue weighted by atomic mass is 35.5. The minimum atomic E-state index is -3.99. The fourth-order valence-electron chi connectivity index (χ4n) is 1.42. The van der Waals surface area contributed by atoms with E-state index < -0.39 is 28.0 Å². The normalized spacial score (nSPS) is 12.9. The smallest absolute Gasteiger partial charge is 0.321 e. The van der Waals surface area contributed by atoms with Gasteiger partial charge in [0.05, 0.1) is 10.9 Å². The number of sulfonamides is 1. The van der Waals surface area contributed by atoms with Crippen LogP contribution in [0.1, 0.15) is 19.8 Å². The van der Waals surface area contributed by atoms with Gasteiger partial charge in [-0.15, -0.1) is 11.3 Å². The van der Waals surface area contributed by atoms with Gasteiger partial charge in [-0.2, -0.15) is 4.72 Å². The molecule has 0 bridgehead atoms.